The van der Waals surface area contributed by atoms with E-state index in [0.29, 0.717) is 23.6 Å². The number of nitrogens with zero attached hydrogens (tertiary/aromatic N) is 3. The van der Waals surface area contributed by atoms with Crippen LogP contribution in [0, 0.1) is 0 Å². The molecule has 15 heteroatoms. The lowest BCUT2D eigenvalue weighted by atomic mass is 10.5. The Labute approximate surface area is 192 Å². The van der Waals surface area contributed by atoms with Crippen molar-refractivity contribution in [1.29, 1.82) is 0 Å². The summed E-state index contributed by atoms with van der Waals surface area (Å²) in [6, 6.07) is 0. The fourth-order valence-electron chi connectivity index (χ4n) is 2.38. The number of aromatic nitrogens is 4. The SMILES string of the molecule is CCC(=O)SCCOP(=O)(COCCn1cnc2c(=O)[nH]c(N)nc21)OCCSC(C)=O. The standard InChI is InChI=1S/C17H26N5O7PS2/c1-3-13(24)32-9-7-29-30(26,28-6-8-31-12(2)23)11-27-5-4-22-10-19-14-15(22)20-17(18)21-16(14)25/h10H,3-9,11H2,1-2H3,(H3,18,20,21,25). The second-order valence-corrected chi connectivity index (χ2v) is 10.7. The number of imidazole rings is 1. The Bertz CT molecular complexity index is 1030. The van der Waals surface area contributed by atoms with Gasteiger partial charge in [-0.3, -0.25) is 23.9 Å². The monoisotopic (exact) mass is 507 g/mol. The first-order valence-electron chi connectivity index (χ1n) is 9.69. The number of carbonyl (C=O) groups is 2. The summed E-state index contributed by atoms with van der Waals surface area (Å²) >= 11 is 2.15. The molecule has 0 saturated heterocycles. The van der Waals surface area contributed by atoms with Gasteiger partial charge in [-0.05, 0) is 0 Å². The molecule has 0 fully saturated rings. The van der Waals surface area contributed by atoms with Crippen LogP contribution in [0.15, 0.2) is 11.1 Å². The zero-order valence-electron chi connectivity index (χ0n) is 17.8. The Kier molecular flexibility index (Phi) is 10.9. The molecule has 0 bridgehead atoms. The summed E-state index contributed by atoms with van der Waals surface area (Å²) < 4.78 is 30.9. The van der Waals surface area contributed by atoms with E-state index in [9.17, 15) is 18.9 Å². The van der Waals surface area contributed by atoms with Gasteiger partial charge in [0.15, 0.2) is 21.4 Å². The predicted octanol–water partition coefficient (Wildman–Crippen LogP) is 1.85. The van der Waals surface area contributed by atoms with Crippen molar-refractivity contribution in [1.82, 2.24) is 19.5 Å². The lowest BCUT2D eigenvalue weighted by molar-refractivity contribution is -0.111. The third kappa shape index (κ3) is 8.68. The first kappa shape index (κ1) is 26.6. The number of thioether (sulfide) groups is 2. The molecular weight excluding hydrogens is 481 g/mol. The minimum atomic E-state index is -3.60. The average molecular weight is 508 g/mol. The highest BCUT2D eigenvalue weighted by Gasteiger charge is 2.25. The van der Waals surface area contributed by atoms with E-state index in [1.54, 1.807) is 11.5 Å². The van der Waals surface area contributed by atoms with Crippen molar-refractivity contribution in [3.05, 3.63) is 16.7 Å². The number of carbonyl (C=O) groups excluding carboxylic acids is 2. The van der Waals surface area contributed by atoms with Crippen molar-refractivity contribution in [2.45, 2.75) is 26.8 Å². The molecule has 2 aromatic rings. The third-order valence-electron chi connectivity index (χ3n) is 3.82. The van der Waals surface area contributed by atoms with E-state index >= 15 is 0 Å². The van der Waals surface area contributed by atoms with E-state index < -0.39 is 13.2 Å². The number of H-pyrrole nitrogens is 1. The van der Waals surface area contributed by atoms with Crippen LogP contribution in [-0.2, 0) is 34.5 Å². The second-order valence-electron chi connectivity index (χ2n) is 6.29. The molecular formula is C17H26N5O7PS2. The summed E-state index contributed by atoms with van der Waals surface area (Å²) in [6.45, 7) is 3.67. The fourth-order valence-corrected chi connectivity index (χ4v) is 5.00. The first-order chi connectivity index (χ1) is 15.2. The van der Waals surface area contributed by atoms with Gasteiger partial charge < -0.3 is 24.1 Å². The van der Waals surface area contributed by atoms with E-state index in [4.69, 9.17) is 19.5 Å². The van der Waals surface area contributed by atoms with Gasteiger partial charge in [0.05, 0.1) is 26.1 Å². The number of hydrogen-bond donors (Lipinski definition) is 2. The summed E-state index contributed by atoms with van der Waals surface area (Å²) in [5, 5.41) is -0.0604. The molecule has 0 saturated carbocycles. The van der Waals surface area contributed by atoms with Gasteiger partial charge in [-0.15, -0.1) is 0 Å². The highest BCUT2D eigenvalue weighted by molar-refractivity contribution is 8.13. The maximum Gasteiger partial charge on any atom is 0.356 e. The normalized spacial score (nSPS) is 13.3. The van der Waals surface area contributed by atoms with Crippen molar-refractivity contribution in [2.75, 3.05) is 43.4 Å². The van der Waals surface area contributed by atoms with Crippen LogP contribution in [0.2, 0.25) is 0 Å². The lowest BCUT2D eigenvalue weighted by Crippen LogP contribution is -2.14. The molecule has 2 aromatic heterocycles. The molecule has 2 rings (SSSR count). The molecule has 0 aliphatic heterocycles. The second kappa shape index (κ2) is 13.1. The fraction of sp³-hybridized carbons (Fsp3) is 0.588. The third-order valence-corrected chi connectivity index (χ3v) is 7.23. The molecule has 0 aliphatic rings. The first-order valence-corrected chi connectivity index (χ1v) is 13.4. The number of nitrogens with two attached hydrogens (primary N) is 1. The zero-order chi connectivity index (χ0) is 23.6. The van der Waals surface area contributed by atoms with Crippen LogP contribution < -0.4 is 11.3 Å². The number of aromatic amines is 1. The largest absolute Gasteiger partial charge is 0.369 e. The molecule has 178 valence electrons. The highest BCUT2D eigenvalue weighted by atomic mass is 32.2. The molecule has 12 nitrogen and oxygen atoms in total. The van der Waals surface area contributed by atoms with Gasteiger partial charge in [-0.1, -0.05) is 30.4 Å². The van der Waals surface area contributed by atoms with Crippen LogP contribution in [0.4, 0.5) is 5.95 Å². The summed E-state index contributed by atoms with van der Waals surface area (Å²) in [7, 11) is -3.60. The maximum atomic E-state index is 13.0. The quantitative estimate of drug-likeness (QED) is 0.281. The summed E-state index contributed by atoms with van der Waals surface area (Å²) in [5.74, 6) is 0.638. The van der Waals surface area contributed by atoms with Crippen molar-refractivity contribution in [3.8, 4) is 0 Å². The Morgan fingerprint density at radius 1 is 1.22 bits per heavy atom. The van der Waals surface area contributed by atoms with Gasteiger partial charge in [0.2, 0.25) is 5.95 Å². The van der Waals surface area contributed by atoms with Gasteiger partial charge in [0, 0.05) is 31.4 Å². The van der Waals surface area contributed by atoms with E-state index in [2.05, 4.69) is 15.0 Å². The Balaban J connectivity index is 1.89. The van der Waals surface area contributed by atoms with Crippen LogP contribution in [0.5, 0.6) is 0 Å². The number of fused-ring (bicyclic) bond motifs is 1. The molecule has 0 aromatic carbocycles. The minimum Gasteiger partial charge on any atom is -0.369 e. The Hall–Kier alpha value is -1.70. The minimum absolute atomic E-state index is 0.0131. The summed E-state index contributed by atoms with van der Waals surface area (Å²) in [6.07, 6.45) is 1.52. The topological polar surface area (TPSA) is 168 Å². The summed E-state index contributed by atoms with van der Waals surface area (Å²) in [4.78, 5) is 44.7. The summed E-state index contributed by atoms with van der Waals surface area (Å²) in [5.41, 5.74) is 5.59. The van der Waals surface area contributed by atoms with E-state index in [-0.39, 0.29) is 54.4 Å². The number of nitrogens with one attached hydrogen (secondary N) is 1. The molecule has 0 radical (unpaired) electrons. The van der Waals surface area contributed by atoms with Gasteiger partial charge in [-0.25, -0.2) is 4.98 Å². The average Bonchev–Trinajstić information content (AvgIpc) is 3.15. The van der Waals surface area contributed by atoms with Crippen molar-refractivity contribution >= 4 is 58.5 Å². The van der Waals surface area contributed by atoms with Gasteiger partial charge in [0.25, 0.3) is 5.56 Å². The van der Waals surface area contributed by atoms with Crippen LogP contribution in [0.25, 0.3) is 11.2 Å². The molecule has 32 heavy (non-hydrogen) atoms. The van der Waals surface area contributed by atoms with Crippen LogP contribution in [-0.4, -0.2) is 67.4 Å². The van der Waals surface area contributed by atoms with Crippen LogP contribution in [0.1, 0.15) is 20.3 Å². The van der Waals surface area contributed by atoms with Crippen molar-refractivity contribution in [3.63, 3.8) is 0 Å². The number of nitrogen functional groups attached to an aromatic ring is 1. The van der Waals surface area contributed by atoms with E-state index in [1.165, 1.54) is 13.3 Å². The number of hydrogen-bond acceptors (Lipinski definition) is 12. The molecule has 1 unspecified atom stereocenters. The van der Waals surface area contributed by atoms with E-state index in [0.717, 1.165) is 23.5 Å². The van der Waals surface area contributed by atoms with Crippen LogP contribution in [0.3, 0.4) is 0 Å². The van der Waals surface area contributed by atoms with Crippen molar-refractivity contribution in [2.24, 2.45) is 0 Å². The van der Waals surface area contributed by atoms with Crippen molar-refractivity contribution < 1.29 is 27.9 Å². The van der Waals surface area contributed by atoms with Gasteiger partial charge >= 0.3 is 7.60 Å². The number of anilines is 1. The van der Waals surface area contributed by atoms with Gasteiger partial charge in [-0.2, -0.15) is 4.98 Å². The predicted molar refractivity (Wildman–Crippen MR) is 124 cm³/mol. The number of rotatable bonds is 14. The molecule has 0 spiro atoms. The Morgan fingerprint density at radius 2 is 1.91 bits per heavy atom. The molecule has 2 heterocycles. The molecule has 0 amide bonds. The van der Waals surface area contributed by atoms with Gasteiger partial charge in [0.1, 0.15) is 6.35 Å². The smallest absolute Gasteiger partial charge is 0.356 e. The molecule has 1 atom stereocenters. The Morgan fingerprint density at radius 3 is 2.56 bits per heavy atom. The maximum absolute atomic E-state index is 13.0. The highest BCUT2D eigenvalue weighted by Crippen LogP contribution is 2.48. The molecule has 3 N–H and O–H groups in total. The zero-order valence-corrected chi connectivity index (χ0v) is 20.3. The van der Waals surface area contributed by atoms with Crippen LogP contribution >= 0.6 is 31.1 Å². The van der Waals surface area contributed by atoms with E-state index in [1.807, 2.05) is 0 Å². The molecule has 0 aliphatic carbocycles. The lowest BCUT2D eigenvalue weighted by Gasteiger charge is -2.18. The number of ether oxygens (including phenoxy) is 1.